The van der Waals surface area contributed by atoms with Gasteiger partial charge in [-0.25, -0.2) is 0 Å². The summed E-state index contributed by atoms with van der Waals surface area (Å²) in [5.41, 5.74) is 2.72. The third kappa shape index (κ3) is 6.10. The molecule has 0 aliphatic carbocycles. The molecule has 1 amide bonds. The van der Waals surface area contributed by atoms with Crippen LogP contribution in [0.1, 0.15) is 42.1 Å². The van der Waals surface area contributed by atoms with Crippen molar-refractivity contribution in [3.05, 3.63) is 59.9 Å². The minimum atomic E-state index is -0.0781. The van der Waals surface area contributed by atoms with Crippen LogP contribution in [0.5, 0.6) is 0 Å². The largest absolute Gasteiger partial charge is 0.384 e. The Morgan fingerprint density at radius 3 is 2.70 bits per heavy atom. The molecule has 0 unspecified atom stereocenters. The van der Waals surface area contributed by atoms with Crippen LogP contribution in [0, 0.1) is 0 Å². The number of unbranched alkanes of at least 4 members (excludes halogenated alkanes) is 2. The zero-order valence-corrected chi connectivity index (χ0v) is 13.7. The summed E-state index contributed by atoms with van der Waals surface area (Å²) in [6.07, 6.45) is 7.73. The zero-order valence-electron chi connectivity index (χ0n) is 13.7. The van der Waals surface area contributed by atoms with E-state index in [4.69, 9.17) is 0 Å². The molecule has 0 spiro atoms. The summed E-state index contributed by atoms with van der Waals surface area (Å²) < 4.78 is 0. The second-order valence-electron chi connectivity index (χ2n) is 5.59. The summed E-state index contributed by atoms with van der Waals surface area (Å²) in [5.74, 6) is -0.0781. The standard InChI is InChI=1S/C19H25N3O/c1-2-3-7-11-21-18-13-17(14-20-15-18)19(23)22-12-10-16-8-5-4-6-9-16/h4-6,8-9,13-15,21H,2-3,7,10-12H2,1H3,(H,22,23). The molecule has 0 atom stereocenters. The van der Waals surface area contributed by atoms with Gasteiger partial charge >= 0.3 is 0 Å². The number of rotatable bonds is 9. The zero-order chi connectivity index (χ0) is 16.3. The fourth-order valence-electron chi connectivity index (χ4n) is 2.34. The Labute approximate surface area is 138 Å². The van der Waals surface area contributed by atoms with Crippen LogP contribution in [0.25, 0.3) is 0 Å². The third-order valence-electron chi connectivity index (χ3n) is 3.65. The molecular formula is C19H25N3O. The summed E-state index contributed by atoms with van der Waals surface area (Å²) in [6, 6.07) is 12.0. The molecule has 2 aromatic rings. The van der Waals surface area contributed by atoms with Crippen LogP contribution in [0.4, 0.5) is 5.69 Å². The van der Waals surface area contributed by atoms with Crippen LogP contribution >= 0.6 is 0 Å². The Morgan fingerprint density at radius 2 is 1.91 bits per heavy atom. The highest BCUT2D eigenvalue weighted by Gasteiger charge is 2.06. The molecule has 1 heterocycles. The van der Waals surface area contributed by atoms with E-state index in [1.165, 1.54) is 18.4 Å². The van der Waals surface area contributed by atoms with Crippen LogP contribution < -0.4 is 10.6 Å². The molecule has 0 radical (unpaired) electrons. The lowest BCUT2D eigenvalue weighted by Crippen LogP contribution is -2.25. The number of anilines is 1. The van der Waals surface area contributed by atoms with Gasteiger partial charge < -0.3 is 10.6 Å². The van der Waals surface area contributed by atoms with E-state index >= 15 is 0 Å². The highest BCUT2D eigenvalue weighted by Crippen LogP contribution is 2.09. The Balaban J connectivity index is 1.79. The molecule has 4 heteroatoms. The monoisotopic (exact) mass is 311 g/mol. The first-order chi connectivity index (χ1) is 11.3. The number of hydrogen-bond acceptors (Lipinski definition) is 3. The van der Waals surface area contributed by atoms with Gasteiger partial charge in [0.05, 0.1) is 11.3 Å². The quantitative estimate of drug-likeness (QED) is 0.695. The Morgan fingerprint density at radius 1 is 1.09 bits per heavy atom. The van der Waals surface area contributed by atoms with Crippen LogP contribution in [0.3, 0.4) is 0 Å². The van der Waals surface area contributed by atoms with Crippen molar-refractivity contribution in [2.24, 2.45) is 0 Å². The van der Waals surface area contributed by atoms with Crippen molar-refractivity contribution in [2.45, 2.75) is 32.6 Å². The number of amides is 1. The summed E-state index contributed by atoms with van der Waals surface area (Å²) in [4.78, 5) is 16.3. The predicted molar refractivity (Wildman–Crippen MR) is 94.7 cm³/mol. The van der Waals surface area contributed by atoms with Crippen LogP contribution in [-0.2, 0) is 6.42 Å². The minimum absolute atomic E-state index is 0.0781. The molecule has 1 aromatic carbocycles. The maximum atomic E-state index is 12.2. The van der Waals surface area contributed by atoms with Gasteiger partial charge in [0.25, 0.3) is 5.91 Å². The van der Waals surface area contributed by atoms with E-state index in [0.29, 0.717) is 12.1 Å². The number of hydrogen-bond donors (Lipinski definition) is 2. The molecule has 2 N–H and O–H groups in total. The molecule has 122 valence electrons. The van der Waals surface area contributed by atoms with Gasteiger partial charge in [0.2, 0.25) is 0 Å². The van der Waals surface area contributed by atoms with Crippen LogP contribution in [-0.4, -0.2) is 24.0 Å². The first kappa shape index (κ1) is 17.0. The molecule has 0 fully saturated rings. The molecule has 0 aliphatic rings. The first-order valence-corrected chi connectivity index (χ1v) is 8.30. The predicted octanol–water partition coefficient (Wildman–Crippen LogP) is 3.66. The van der Waals surface area contributed by atoms with Gasteiger partial charge in [0.15, 0.2) is 0 Å². The SMILES string of the molecule is CCCCCNc1cncc(C(=O)NCCc2ccccc2)c1. The summed E-state index contributed by atoms with van der Waals surface area (Å²) in [7, 11) is 0. The molecule has 0 aliphatic heterocycles. The maximum Gasteiger partial charge on any atom is 0.252 e. The van der Waals surface area contributed by atoms with Crippen molar-refractivity contribution in [1.29, 1.82) is 0 Å². The van der Waals surface area contributed by atoms with Gasteiger partial charge in [-0.05, 0) is 24.5 Å². The molecule has 23 heavy (non-hydrogen) atoms. The average molecular weight is 311 g/mol. The molecule has 4 nitrogen and oxygen atoms in total. The van der Waals surface area contributed by atoms with E-state index in [-0.39, 0.29) is 5.91 Å². The summed E-state index contributed by atoms with van der Waals surface area (Å²) >= 11 is 0. The Bertz CT molecular complexity index is 599. The topological polar surface area (TPSA) is 54.0 Å². The van der Waals surface area contributed by atoms with Crippen molar-refractivity contribution < 1.29 is 4.79 Å². The van der Waals surface area contributed by atoms with E-state index in [0.717, 1.165) is 25.1 Å². The normalized spacial score (nSPS) is 10.3. The Hall–Kier alpha value is -2.36. The van der Waals surface area contributed by atoms with Gasteiger partial charge in [0.1, 0.15) is 0 Å². The smallest absolute Gasteiger partial charge is 0.252 e. The van der Waals surface area contributed by atoms with E-state index < -0.39 is 0 Å². The van der Waals surface area contributed by atoms with Gasteiger partial charge in [-0.1, -0.05) is 50.1 Å². The molecular weight excluding hydrogens is 286 g/mol. The van der Waals surface area contributed by atoms with E-state index in [2.05, 4.69) is 34.7 Å². The number of carbonyl (C=O) groups is 1. The molecule has 2 rings (SSSR count). The molecule has 0 saturated carbocycles. The second kappa shape index (κ2) is 9.62. The van der Waals surface area contributed by atoms with Gasteiger partial charge in [-0.3, -0.25) is 9.78 Å². The van der Waals surface area contributed by atoms with Crippen LogP contribution in [0.15, 0.2) is 48.8 Å². The fraction of sp³-hybridized carbons (Fsp3) is 0.368. The third-order valence-corrected chi connectivity index (χ3v) is 3.65. The lowest BCUT2D eigenvalue weighted by molar-refractivity contribution is 0.0954. The van der Waals surface area contributed by atoms with Crippen molar-refractivity contribution in [1.82, 2.24) is 10.3 Å². The maximum absolute atomic E-state index is 12.2. The number of nitrogens with one attached hydrogen (secondary N) is 2. The van der Waals surface area contributed by atoms with Crippen molar-refractivity contribution >= 4 is 11.6 Å². The average Bonchev–Trinajstić information content (AvgIpc) is 2.60. The fourth-order valence-corrected chi connectivity index (χ4v) is 2.34. The van der Waals surface area contributed by atoms with Crippen molar-refractivity contribution in [2.75, 3.05) is 18.4 Å². The minimum Gasteiger partial charge on any atom is -0.384 e. The number of aromatic nitrogens is 1. The number of nitrogens with zero attached hydrogens (tertiary/aromatic N) is 1. The lowest BCUT2D eigenvalue weighted by atomic mass is 10.1. The Kier molecular flexibility index (Phi) is 7.11. The summed E-state index contributed by atoms with van der Waals surface area (Å²) in [5, 5.41) is 6.26. The number of benzene rings is 1. The molecule has 0 saturated heterocycles. The van der Waals surface area contributed by atoms with E-state index in [1.807, 2.05) is 24.3 Å². The molecule has 1 aromatic heterocycles. The van der Waals surface area contributed by atoms with Gasteiger partial charge in [-0.15, -0.1) is 0 Å². The summed E-state index contributed by atoms with van der Waals surface area (Å²) in [6.45, 7) is 3.72. The van der Waals surface area contributed by atoms with Crippen molar-refractivity contribution in [3.8, 4) is 0 Å². The van der Waals surface area contributed by atoms with E-state index in [9.17, 15) is 4.79 Å². The number of carbonyl (C=O) groups excluding carboxylic acids is 1. The van der Waals surface area contributed by atoms with Gasteiger partial charge in [-0.2, -0.15) is 0 Å². The highest BCUT2D eigenvalue weighted by atomic mass is 16.1. The van der Waals surface area contributed by atoms with Crippen molar-refractivity contribution in [3.63, 3.8) is 0 Å². The first-order valence-electron chi connectivity index (χ1n) is 8.30. The highest BCUT2D eigenvalue weighted by molar-refractivity contribution is 5.94. The van der Waals surface area contributed by atoms with Crippen LogP contribution in [0.2, 0.25) is 0 Å². The number of pyridine rings is 1. The van der Waals surface area contributed by atoms with E-state index in [1.54, 1.807) is 12.4 Å². The van der Waals surface area contributed by atoms with Gasteiger partial charge in [0, 0.05) is 25.5 Å². The molecule has 0 bridgehead atoms. The second-order valence-corrected chi connectivity index (χ2v) is 5.59. The lowest BCUT2D eigenvalue weighted by Gasteiger charge is -2.08.